The van der Waals surface area contributed by atoms with E-state index >= 15 is 0 Å². The minimum atomic E-state index is -0.293. The lowest BCUT2D eigenvalue weighted by Crippen LogP contribution is -2.31. The average molecular weight is 277 g/mol. The molecule has 0 atom stereocenters. The Morgan fingerprint density at radius 2 is 1.95 bits per heavy atom. The molecule has 0 unspecified atom stereocenters. The zero-order chi connectivity index (χ0) is 14.5. The number of hydrogen-bond acceptors (Lipinski definition) is 2. The molecular weight excluding hydrogens is 253 g/mol. The summed E-state index contributed by atoms with van der Waals surface area (Å²) in [5.41, 5.74) is 0.619. The summed E-state index contributed by atoms with van der Waals surface area (Å²) in [5.74, 6) is 0.493. The number of ketones is 1. The van der Waals surface area contributed by atoms with Gasteiger partial charge in [0.25, 0.3) is 0 Å². The van der Waals surface area contributed by atoms with Crippen LogP contribution in [-0.4, -0.2) is 29.8 Å². The van der Waals surface area contributed by atoms with Crippen LogP contribution in [0.15, 0.2) is 24.3 Å². The normalized spacial score (nSPS) is 15.1. The van der Waals surface area contributed by atoms with Gasteiger partial charge in [0.15, 0.2) is 5.78 Å². The monoisotopic (exact) mass is 277 g/mol. The fraction of sp³-hybridized carbons (Fsp3) is 0.588. The second-order valence-electron chi connectivity index (χ2n) is 6.15. The van der Waals surface area contributed by atoms with E-state index in [9.17, 15) is 9.18 Å². The zero-order valence-corrected chi connectivity index (χ0v) is 12.4. The van der Waals surface area contributed by atoms with Gasteiger partial charge in [0, 0.05) is 24.6 Å². The molecule has 0 bridgehead atoms. The number of carbonyl (C=O) groups excluding carboxylic acids is 1. The van der Waals surface area contributed by atoms with Gasteiger partial charge < -0.3 is 4.90 Å². The van der Waals surface area contributed by atoms with E-state index in [2.05, 4.69) is 18.7 Å². The molecule has 0 N–H and O–H groups in total. The third-order valence-electron chi connectivity index (χ3n) is 3.68. The van der Waals surface area contributed by atoms with Crippen LogP contribution in [0.25, 0.3) is 0 Å². The van der Waals surface area contributed by atoms with E-state index < -0.39 is 0 Å². The summed E-state index contributed by atoms with van der Waals surface area (Å²) in [5, 5.41) is 0. The van der Waals surface area contributed by atoms with Gasteiger partial charge in [0.2, 0.25) is 0 Å². The summed E-state index contributed by atoms with van der Waals surface area (Å²) >= 11 is 0. The number of rotatable bonds is 8. The van der Waals surface area contributed by atoms with Gasteiger partial charge in [-0.05, 0) is 56.0 Å². The minimum absolute atomic E-state index is 0.116. The van der Waals surface area contributed by atoms with Crippen molar-refractivity contribution in [1.82, 2.24) is 4.90 Å². The molecule has 0 aromatic heterocycles. The maximum absolute atomic E-state index is 12.8. The fourth-order valence-electron chi connectivity index (χ4n) is 2.55. The average Bonchev–Trinajstić information content (AvgIpc) is 3.22. The number of carbonyl (C=O) groups is 1. The first-order valence-corrected chi connectivity index (χ1v) is 7.59. The van der Waals surface area contributed by atoms with Crippen molar-refractivity contribution in [3.63, 3.8) is 0 Å². The maximum atomic E-state index is 12.8. The van der Waals surface area contributed by atoms with Gasteiger partial charge in [-0.1, -0.05) is 13.8 Å². The van der Waals surface area contributed by atoms with Crippen LogP contribution >= 0.6 is 0 Å². The Kier molecular flexibility index (Phi) is 5.30. The summed E-state index contributed by atoms with van der Waals surface area (Å²) in [4.78, 5) is 14.5. The molecule has 1 aliphatic rings. The van der Waals surface area contributed by atoms with E-state index in [1.807, 2.05) is 0 Å². The predicted octanol–water partition coefficient (Wildman–Crippen LogP) is 3.91. The van der Waals surface area contributed by atoms with Crippen LogP contribution in [0, 0.1) is 11.7 Å². The Hall–Kier alpha value is -1.22. The van der Waals surface area contributed by atoms with Gasteiger partial charge in [-0.3, -0.25) is 4.79 Å². The van der Waals surface area contributed by atoms with Crippen LogP contribution in [0.1, 0.15) is 49.9 Å². The fourth-order valence-corrected chi connectivity index (χ4v) is 2.55. The smallest absolute Gasteiger partial charge is 0.162 e. The van der Waals surface area contributed by atoms with Gasteiger partial charge >= 0.3 is 0 Å². The van der Waals surface area contributed by atoms with Crippen molar-refractivity contribution < 1.29 is 9.18 Å². The highest BCUT2D eigenvalue weighted by Gasteiger charge is 2.28. The van der Waals surface area contributed by atoms with Crippen molar-refractivity contribution in [3.8, 4) is 0 Å². The highest BCUT2D eigenvalue weighted by atomic mass is 19.1. The van der Waals surface area contributed by atoms with Crippen molar-refractivity contribution in [2.24, 2.45) is 5.92 Å². The molecule has 0 radical (unpaired) electrons. The Morgan fingerprint density at radius 1 is 1.30 bits per heavy atom. The summed E-state index contributed by atoms with van der Waals surface area (Å²) in [6.07, 6.45) is 4.05. The topological polar surface area (TPSA) is 20.3 Å². The molecule has 2 nitrogen and oxygen atoms in total. The lowest BCUT2D eigenvalue weighted by molar-refractivity contribution is 0.0973. The molecule has 0 saturated heterocycles. The Balaban J connectivity index is 1.76. The molecule has 0 heterocycles. The quantitative estimate of drug-likeness (QED) is 0.671. The molecule has 110 valence electrons. The number of benzene rings is 1. The standard InChI is InChI=1S/C17H24FNO/c1-13(2)12-19(16-9-10-16)11-3-4-17(20)14-5-7-15(18)8-6-14/h5-8,13,16H,3-4,9-12H2,1-2H3. The number of Topliss-reactive ketones (excluding diaryl/α,β-unsaturated/α-hetero) is 1. The van der Waals surface area contributed by atoms with Gasteiger partial charge in [0.05, 0.1) is 0 Å². The Labute approximate surface area is 121 Å². The van der Waals surface area contributed by atoms with Crippen molar-refractivity contribution in [2.75, 3.05) is 13.1 Å². The molecule has 1 aliphatic carbocycles. The third-order valence-corrected chi connectivity index (χ3v) is 3.68. The van der Waals surface area contributed by atoms with Gasteiger partial charge in [-0.25, -0.2) is 4.39 Å². The van der Waals surface area contributed by atoms with Crippen molar-refractivity contribution in [3.05, 3.63) is 35.6 Å². The van der Waals surface area contributed by atoms with Crippen molar-refractivity contribution in [2.45, 2.75) is 45.6 Å². The minimum Gasteiger partial charge on any atom is -0.300 e. The summed E-state index contributed by atoms with van der Waals surface area (Å²) in [6.45, 7) is 6.59. The molecule has 1 aromatic rings. The second-order valence-corrected chi connectivity index (χ2v) is 6.15. The van der Waals surface area contributed by atoms with E-state index in [1.54, 1.807) is 12.1 Å². The first kappa shape index (κ1) is 15.2. The molecule has 0 spiro atoms. The number of hydrogen-bond donors (Lipinski definition) is 0. The van der Waals surface area contributed by atoms with Gasteiger partial charge in [0.1, 0.15) is 5.82 Å². The highest BCUT2D eigenvalue weighted by molar-refractivity contribution is 5.95. The van der Waals surface area contributed by atoms with Crippen molar-refractivity contribution >= 4 is 5.78 Å². The highest BCUT2D eigenvalue weighted by Crippen LogP contribution is 2.27. The molecule has 20 heavy (non-hydrogen) atoms. The van der Waals surface area contributed by atoms with Crippen LogP contribution in [0.4, 0.5) is 4.39 Å². The maximum Gasteiger partial charge on any atom is 0.162 e. The van der Waals surface area contributed by atoms with E-state index in [0.717, 1.165) is 25.6 Å². The van der Waals surface area contributed by atoms with Crippen LogP contribution in [0.2, 0.25) is 0 Å². The molecule has 2 rings (SSSR count). The van der Waals surface area contributed by atoms with Gasteiger partial charge in [-0.2, -0.15) is 0 Å². The van der Waals surface area contributed by atoms with Crippen LogP contribution in [-0.2, 0) is 0 Å². The van der Waals surface area contributed by atoms with Crippen LogP contribution < -0.4 is 0 Å². The number of nitrogens with zero attached hydrogens (tertiary/aromatic N) is 1. The van der Waals surface area contributed by atoms with E-state index in [0.29, 0.717) is 17.9 Å². The molecule has 3 heteroatoms. The predicted molar refractivity (Wildman–Crippen MR) is 79.4 cm³/mol. The largest absolute Gasteiger partial charge is 0.300 e. The molecule has 0 aliphatic heterocycles. The molecule has 0 amide bonds. The number of halogens is 1. The van der Waals surface area contributed by atoms with E-state index in [-0.39, 0.29) is 11.6 Å². The molecular formula is C17H24FNO. The lowest BCUT2D eigenvalue weighted by Gasteiger charge is -2.23. The third kappa shape index (κ3) is 4.71. The molecule has 1 aromatic carbocycles. The first-order valence-electron chi connectivity index (χ1n) is 7.59. The molecule has 1 saturated carbocycles. The van der Waals surface area contributed by atoms with Crippen LogP contribution in [0.5, 0.6) is 0 Å². The second kappa shape index (κ2) is 6.98. The van der Waals surface area contributed by atoms with E-state index in [4.69, 9.17) is 0 Å². The first-order chi connectivity index (χ1) is 9.56. The summed E-state index contributed by atoms with van der Waals surface area (Å²) < 4.78 is 12.8. The molecule has 1 fully saturated rings. The van der Waals surface area contributed by atoms with E-state index in [1.165, 1.54) is 25.0 Å². The Bertz CT molecular complexity index is 437. The van der Waals surface area contributed by atoms with Crippen molar-refractivity contribution in [1.29, 1.82) is 0 Å². The van der Waals surface area contributed by atoms with Crippen LogP contribution in [0.3, 0.4) is 0 Å². The van der Waals surface area contributed by atoms with Gasteiger partial charge in [-0.15, -0.1) is 0 Å². The summed E-state index contributed by atoms with van der Waals surface area (Å²) in [7, 11) is 0. The zero-order valence-electron chi connectivity index (χ0n) is 12.4. The Morgan fingerprint density at radius 3 is 2.50 bits per heavy atom. The summed E-state index contributed by atoms with van der Waals surface area (Å²) in [6, 6.07) is 6.60. The SMILES string of the molecule is CC(C)CN(CCCC(=O)c1ccc(F)cc1)C1CC1. The lowest BCUT2D eigenvalue weighted by atomic mass is 10.1.